The Kier molecular flexibility index (Phi) is 2.78. The van der Waals surface area contributed by atoms with Crippen molar-refractivity contribution in [3.8, 4) is 0 Å². The Morgan fingerprint density at radius 3 is 2.89 bits per heavy atom. The molecule has 1 saturated carbocycles. The Labute approximate surface area is 56.7 Å². The van der Waals surface area contributed by atoms with Crippen LogP contribution < -0.4 is 0 Å². The van der Waals surface area contributed by atoms with Crippen LogP contribution >= 0.6 is 0 Å². The Balaban J connectivity index is 1.89. The summed E-state index contributed by atoms with van der Waals surface area (Å²) in [7, 11) is 1.74. The molecule has 9 heavy (non-hydrogen) atoms. The molecule has 0 heterocycles. The van der Waals surface area contributed by atoms with Crippen molar-refractivity contribution in [2.24, 2.45) is 5.92 Å². The molecule has 0 aromatic rings. The van der Waals surface area contributed by atoms with Gasteiger partial charge >= 0.3 is 0 Å². The van der Waals surface area contributed by atoms with E-state index in [4.69, 9.17) is 4.74 Å². The van der Waals surface area contributed by atoms with E-state index < -0.39 is 0 Å². The maximum absolute atomic E-state index is 4.89. The van der Waals surface area contributed by atoms with Crippen molar-refractivity contribution in [2.75, 3.05) is 13.7 Å². The minimum absolute atomic E-state index is 0.864. The summed E-state index contributed by atoms with van der Waals surface area (Å²) in [4.78, 5) is 0. The van der Waals surface area contributed by atoms with Crippen LogP contribution in [0.15, 0.2) is 12.2 Å². The van der Waals surface area contributed by atoms with Crippen molar-refractivity contribution in [1.29, 1.82) is 0 Å². The molecule has 0 N–H and O–H groups in total. The van der Waals surface area contributed by atoms with E-state index in [1.165, 1.54) is 12.8 Å². The number of methoxy groups -OCH3 is 1. The van der Waals surface area contributed by atoms with E-state index in [1.807, 2.05) is 0 Å². The van der Waals surface area contributed by atoms with Gasteiger partial charge in [0.2, 0.25) is 0 Å². The lowest BCUT2D eigenvalue weighted by molar-refractivity contribution is 0.204. The van der Waals surface area contributed by atoms with Crippen molar-refractivity contribution >= 4 is 0 Å². The zero-order chi connectivity index (χ0) is 6.53. The zero-order valence-corrected chi connectivity index (χ0v) is 5.97. The average Bonchev–Trinajstić information content (AvgIpc) is 2.63. The molecule has 1 aliphatic rings. The molecule has 0 saturated heterocycles. The van der Waals surface area contributed by atoms with Gasteiger partial charge in [-0.2, -0.15) is 0 Å². The Bertz CT molecular complexity index is 92.7. The standard InChI is InChI=1S/C8H14O/c1-9-7-3-2-4-8-5-6-8/h2,4,8H,3,5-7H2,1H3/b4-2+. The predicted octanol–water partition coefficient (Wildman–Crippen LogP) is 1.99. The van der Waals surface area contributed by atoms with Crippen LogP contribution in [0.4, 0.5) is 0 Å². The van der Waals surface area contributed by atoms with Crippen LogP contribution in [-0.2, 0) is 4.74 Å². The molecule has 0 spiro atoms. The van der Waals surface area contributed by atoms with Gasteiger partial charge in [0.05, 0.1) is 0 Å². The van der Waals surface area contributed by atoms with Gasteiger partial charge in [0.25, 0.3) is 0 Å². The molecule has 0 aromatic carbocycles. The van der Waals surface area contributed by atoms with E-state index in [1.54, 1.807) is 7.11 Å². The van der Waals surface area contributed by atoms with Crippen molar-refractivity contribution in [3.63, 3.8) is 0 Å². The fourth-order valence-corrected chi connectivity index (χ4v) is 0.763. The molecule has 0 unspecified atom stereocenters. The molecule has 0 atom stereocenters. The second-order valence-corrected chi connectivity index (χ2v) is 2.55. The third-order valence-corrected chi connectivity index (χ3v) is 1.52. The van der Waals surface area contributed by atoms with E-state index in [9.17, 15) is 0 Å². The highest BCUT2D eigenvalue weighted by atomic mass is 16.5. The van der Waals surface area contributed by atoms with Crippen LogP contribution in [0.25, 0.3) is 0 Å². The number of hydrogen-bond donors (Lipinski definition) is 0. The Morgan fingerprint density at radius 1 is 1.56 bits per heavy atom. The quantitative estimate of drug-likeness (QED) is 0.413. The predicted molar refractivity (Wildman–Crippen MR) is 38.4 cm³/mol. The molecule has 0 radical (unpaired) electrons. The van der Waals surface area contributed by atoms with Crippen LogP contribution in [0.3, 0.4) is 0 Å². The van der Waals surface area contributed by atoms with Gasteiger partial charge in [0.1, 0.15) is 0 Å². The summed E-state index contributed by atoms with van der Waals surface area (Å²) in [5, 5.41) is 0. The van der Waals surface area contributed by atoms with Gasteiger partial charge in [-0.25, -0.2) is 0 Å². The summed E-state index contributed by atoms with van der Waals surface area (Å²) < 4.78 is 4.89. The summed E-state index contributed by atoms with van der Waals surface area (Å²) in [5.74, 6) is 0.918. The molecule has 1 rings (SSSR count). The Morgan fingerprint density at radius 2 is 2.33 bits per heavy atom. The monoisotopic (exact) mass is 126 g/mol. The van der Waals surface area contributed by atoms with Gasteiger partial charge in [-0.05, 0) is 25.2 Å². The lowest BCUT2D eigenvalue weighted by atomic mass is 10.3. The second kappa shape index (κ2) is 3.67. The van der Waals surface area contributed by atoms with Crippen LogP contribution in [-0.4, -0.2) is 13.7 Å². The molecule has 0 aliphatic heterocycles. The first-order chi connectivity index (χ1) is 4.43. The van der Waals surface area contributed by atoms with Gasteiger partial charge in [0, 0.05) is 13.7 Å². The smallest absolute Gasteiger partial charge is 0.0496 e. The highest BCUT2D eigenvalue weighted by molar-refractivity contribution is 4.95. The van der Waals surface area contributed by atoms with Crippen LogP contribution in [0.1, 0.15) is 19.3 Å². The molecule has 0 aromatic heterocycles. The van der Waals surface area contributed by atoms with Crippen molar-refractivity contribution in [2.45, 2.75) is 19.3 Å². The summed E-state index contributed by atoms with van der Waals surface area (Å²) >= 11 is 0. The number of hydrogen-bond acceptors (Lipinski definition) is 1. The molecule has 0 amide bonds. The fourth-order valence-electron chi connectivity index (χ4n) is 0.763. The highest BCUT2D eigenvalue weighted by Crippen LogP contribution is 2.29. The normalized spacial score (nSPS) is 19.2. The van der Waals surface area contributed by atoms with E-state index in [0.29, 0.717) is 0 Å². The largest absolute Gasteiger partial charge is 0.384 e. The highest BCUT2D eigenvalue weighted by Gasteiger charge is 2.16. The maximum atomic E-state index is 4.89. The summed E-state index contributed by atoms with van der Waals surface area (Å²) in [6.07, 6.45) is 8.42. The topological polar surface area (TPSA) is 9.23 Å². The van der Waals surface area contributed by atoms with Crippen LogP contribution in [0.5, 0.6) is 0 Å². The summed E-state index contributed by atoms with van der Waals surface area (Å²) in [6.45, 7) is 0.864. The molecular weight excluding hydrogens is 112 g/mol. The molecule has 1 nitrogen and oxygen atoms in total. The van der Waals surface area contributed by atoms with Gasteiger partial charge in [-0.3, -0.25) is 0 Å². The van der Waals surface area contributed by atoms with Crippen molar-refractivity contribution in [1.82, 2.24) is 0 Å². The van der Waals surface area contributed by atoms with Gasteiger partial charge in [0.15, 0.2) is 0 Å². The molecule has 1 fully saturated rings. The first-order valence-electron chi connectivity index (χ1n) is 3.59. The Hall–Kier alpha value is -0.300. The number of ether oxygens (including phenoxy) is 1. The van der Waals surface area contributed by atoms with E-state index in [-0.39, 0.29) is 0 Å². The summed E-state index contributed by atoms with van der Waals surface area (Å²) in [5.41, 5.74) is 0. The average molecular weight is 126 g/mol. The third kappa shape index (κ3) is 3.31. The lowest BCUT2D eigenvalue weighted by Gasteiger charge is -1.89. The van der Waals surface area contributed by atoms with E-state index in [0.717, 1.165) is 18.9 Å². The molecule has 1 aliphatic carbocycles. The zero-order valence-electron chi connectivity index (χ0n) is 5.97. The molecular formula is C8H14O. The SMILES string of the molecule is COCC/C=C/C1CC1. The minimum Gasteiger partial charge on any atom is -0.384 e. The molecule has 52 valence electrons. The van der Waals surface area contributed by atoms with E-state index >= 15 is 0 Å². The van der Waals surface area contributed by atoms with Crippen LogP contribution in [0.2, 0.25) is 0 Å². The summed E-state index contributed by atoms with van der Waals surface area (Å²) in [6, 6.07) is 0. The second-order valence-electron chi connectivity index (χ2n) is 2.55. The number of rotatable bonds is 4. The first-order valence-corrected chi connectivity index (χ1v) is 3.59. The lowest BCUT2D eigenvalue weighted by Crippen LogP contribution is -1.83. The van der Waals surface area contributed by atoms with Crippen molar-refractivity contribution in [3.05, 3.63) is 12.2 Å². The maximum Gasteiger partial charge on any atom is 0.0496 e. The van der Waals surface area contributed by atoms with Gasteiger partial charge in [-0.15, -0.1) is 0 Å². The van der Waals surface area contributed by atoms with E-state index in [2.05, 4.69) is 12.2 Å². The van der Waals surface area contributed by atoms with Gasteiger partial charge < -0.3 is 4.74 Å². The number of allylic oxidation sites excluding steroid dienone is 1. The first kappa shape index (κ1) is 6.81. The van der Waals surface area contributed by atoms with Crippen LogP contribution in [0, 0.1) is 5.92 Å². The molecule has 0 bridgehead atoms. The minimum atomic E-state index is 0.864. The van der Waals surface area contributed by atoms with Gasteiger partial charge in [-0.1, -0.05) is 12.2 Å². The third-order valence-electron chi connectivity index (χ3n) is 1.52. The van der Waals surface area contributed by atoms with Crippen molar-refractivity contribution < 1.29 is 4.74 Å². The molecule has 1 heteroatoms. The fraction of sp³-hybridized carbons (Fsp3) is 0.750.